The Morgan fingerprint density at radius 1 is 1.00 bits per heavy atom. The average Bonchev–Trinajstić information content (AvgIpc) is 3.01. The third-order valence-corrected chi connectivity index (χ3v) is 8.78. The van der Waals surface area contributed by atoms with Crippen LogP contribution in [0.5, 0.6) is 0 Å². The molecule has 2 aliphatic heterocycles. The summed E-state index contributed by atoms with van der Waals surface area (Å²) in [6, 6.07) is 0. The van der Waals surface area contributed by atoms with Gasteiger partial charge in [0.1, 0.15) is 24.4 Å². The molecule has 1 aromatic heterocycles. The van der Waals surface area contributed by atoms with Crippen LogP contribution in [0, 0.1) is 0 Å². The molecule has 3 rings (SSSR count). The number of hydrogen-bond donors (Lipinski definition) is 7. The fraction of sp³-hybridized carbons (Fsp3) is 0.714. The molecule has 2 saturated heterocycles. The predicted molar refractivity (Wildman–Crippen MR) is 113 cm³/mol. The standard InChI is InChI=1S/C14H24N3O16P3/c18-10-9(6-30-35(25,26)33-36(27,28)32-34(22,23)24)31-12(11(10)19)8-5-17(14(21)15-13(8)20)7-16-1-3-29-4-2-16/h5,9-12,18-19H,1-4,6-7H2,(H,25,26)(H,27,28)(H,15,20,21)(H2,22,23,24)/t9-,10-,11-,12+/m1/s1. The van der Waals surface area contributed by atoms with Crippen LogP contribution < -0.4 is 11.2 Å². The Morgan fingerprint density at radius 2 is 1.64 bits per heavy atom. The van der Waals surface area contributed by atoms with Gasteiger partial charge in [-0.2, -0.15) is 8.62 Å². The van der Waals surface area contributed by atoms with Crippen LogP contribution >= 0.6 is 23.5 Å². The number of rotatable bonds is 10. The zero-order valence-corrected chi connectivity index (χ0v) is 20.8. The molecule has 3 heterocycles. The van der Waals surface area contributed by atoms with E-state index in [1.54, 1.807) is 0 Å². The van der Waals surface area contributed by atoms with Gasteiger partial charge in [0.15, 0.2) is 0 Å². The number of aromatic nitrogens is 2. The molecule has 36 heavy (non-hydrogen) atoms. The summed E-state index contributed by atoms with van der Waals surface area (Å²) >= 11 is 0. The molecule has 0 spiro atoms. The van der Waals surface area contributed by atoms with Crippen LogP contribution in [0.25, 0.3) is 0 Å². The van der Waals surface area contributed by atoms with Gasteiger partial charge in [0.2, 0.25) is 0 Å². The Kier molecular flexibility index (Phi) is 9.27. The normalized spacial score (nSPS) is 29.1. The highest BCUT2D eigenvalue weighted by Crippen LogP contribution is 2.66. The van der Waals surface area contributed by atoms with E-state index in [0.29, 0.717) is 26.3 Å². The van der Waals surface area contributed by atoms with Gasteiger partial charge >= 0.3 is 29.2 Å². The highest BCUT2D eigenvalue weighted by molar-refractivity contribution is 7.66. The second-order valence-electron chi connectivity index (χ2n) is 7.65. The smallest absolute Gasteiger partial charge is 0.387 e. The third kappa shape index (κ3) is 7.94. The van der Waals surface area contributed by atoms with Gasteiger partial charge in [-0.05, 0) is 0 Å². The molecule has 0 saturated carbocycles. The minimum Gasteiger partial charge on any atom is -0.387 e. The summed E-state index contributed by atoms with van der Waals surface area (Å²) in [6.45, 7) is 0.948. The molecule has 0 radical (unpaired) electrons. The van der Waals surface area contributed by atoms with E-state index >= 15 is 0 Å². The number of phosphoric ester groups is 1. The Morgan fingerprint density at radius 3 is 2.25 bits per heavy atom. The molecule has 0 aliphatic carbocycles. The SMILES string of the molecule is O=c1[nH]c(=O)n(CN2CCOCC2)cc1[C@@H]1O[C@H](COP(=O)(O)OP(=O)(O)OP(=O)(O)O)[C@@H](O)[C@H]1O. The predicted octanol–water partition coefficient (Wildman–Crippen LogP) is -2.67. The number of phosphoric acid groups is 3. The maximum absolute atomic E-state index is 12.4. The maximum Gasteiger partial charge on any atom is 0.490 e. The number of nitrogens with one attached hydrogen (secondary N) is 1. The highest BCUT2D eigenvalue weighted by Gasteiger charge is 2.47. The molecule has 6 atom stereocenters. The average molecular weight is 583 g/mol. The van der Waals surface area contributed by atoms with Gasteiger partial charge in [-0.3, -0.25) is 23.8 Å². The van der Waals surface area contributed by atoms with Crippen LogP contribution in [0.1, 0.15) is 11.7 Å². The van der Waals surface area contributed by atoms with Crippen LogP contribution in [0.4, 0.5) is 0 Å². The van der Waals surface area contributed by atoms with Crippen molar-refractivity contribution < 1.29 is 66.1 Å². The van der Waals surface area contributed by atoms with Gasteiger partial charge < -0.3 is 39.3 Å². The molecule has 206 valence electrons. The van der Waals surface area contributed by atoms with E-state index < -0.39 is 65.7 Å². The van der Waals surface area contributed by atoms with Crippen molar-refractivity contribution in [3.05, 3.63) is 32.6 Å². The second-order valence-corrected chi connectivity index (χ2v) is 12.1. The van der Waals surface area contributed by atoms with Crippen LogP contribution in [0.2, 0.25) is 0 Å². The van der Waals surface area contributed by atoms with E-state index in [1.807, 2.05) is 4.90 Å². The quantitative estimate of drug-likeness (QED) is 0.138. The Labute approximate surface area is 201 Å². The van der Waals surface area contributed by atoms with Gasteiger partial charge in [0, 0.05) is 19.3 Å². The largest absolute Gasteiger partial charge is 0.490 e. The molecule has 0 aromatic carbocycles. The van der Waals surface area contributed by atoms with E-state index in [1.165, 1.54) is 0 Å². The lowest BCUT2D eigenvalue weighted by Gasteiger charge is -2.27. The Bertz CT molecular complexity index is 1190. The van der Waals surface area contributed by atoms with Gasteiger partial charge in [-0.1, -0.05) is 0 Å². The maximum atomic E-state index is 12.4. The zero-order chi connectivity index (χ0) is 26.9. The van der Waals surface area contributed by atoms with E-state index in [9.17, 15) is 38.4 Å². The van der Waals surface area contributed by atoms with Crippen molar-refractivity contribution in [2.45, 2.75) is 31.1 Å². The first kappa shape index (κ1) is 29.4. The lowest BCUT2D eigenvalue weighted by atomic mass is 10.0. The first-order chi connectivity index (χ1) is 16.6. The number of ether oxygens (including phenoxy) is 2. The molecular weight excluding hydrogens is 559 g/mol. The number of nitrogens with zero attached hydrogens (tertiary/aromatic N) is 2. The molecule has 2 aliphatic rings. The molecule has 2 unspecified atom stereocenters. The fourth-order valence-corrected chi connectivity index (χ4v) is 6.44. The van der Waals surface area contributed by atoms with Crippen molar-refractivity contribution in [1.82, 2.24) is 14.5 Å². The molecule has 2 fully saturated rings. The van der Waals surface area contributed by atoms with Crippen LogP contribution in [-0.4, -0.2) is 95.5 Å². The van der Waals surface area contributed by atoms with Gasteiger partial charge in [0.05, 0.1) is 32.1 Å². The van der Waals surface area contributed by atoms with Crippen molar-refractivity contribution in [2.24, 2.45) is 0 Å². The summed E-state index contributed by atoms with van der Waals surface area (Å²) < 4.78 is 57.2. The molecule has 22 heteroatoms. The monoisotopic (exact) mass is 583 g/mol. The first-order valence-electron chi connectivity index (χ1n) is 10.0. The van der Waals surface area contributed by atoms with Gasteiger partial charge in [-0.25, -0.2) is 18.5 Å². The first-order valence-corrected chi connectivity index (χ1v) is 14.5. The molecule has 7 N–H and O–H groups in total. The number of morpholine rings is 1. The number of aliphatic hydroxyl groups is 2. The number of H-pyrrole nitrogens is 1. The molecular formula is C14H24N3O16P3. The minimum atomic E-state index is -5.76. The lowest BCUT2D eigenvalue weighted by Crippen LogP contribution is -2.42. The van der Waals surface area contributed by atoms with Crippen molar-refractivity contribution in [3.8, 4) is 0 Å². The number of aromatic amines is 1. The van der Waals surface area contributed by atoms with Gasteiger partial charge in [-0.15, -0.1) is 0 Å². The fourth-order valence-electron chi connectivity index (χ4n) is 3.41. The van der Waals surface area contributed by atoms with E-state index in [0.717, 1.165) is 10.8 Å². The summed E-state index contributed by atoms with van der Waals surface area (Å²) in [6.07, 6.45) is -5.55. The van der Waals surface area contributed by atoms with Crippen LogP contribution in [0.3, 0.4) is 0 Å². The summed E-state index contributed by atoms with van der Waals surface area (Å²) in [5, 5.41) is 20.6. The van der Waals surface area contributed by atoms with Crippen LogP contribution in [-0.2, 0) is 43.0 Å². The summed E-state index contributed by atoms with van der Waals surface area (Å²) in [7, 11) is -16.9. The van der Waals surface area contributed by atoms with Crippen molar-refractivity contribution in [2.75, 3.05) is 32.9 Å². The molecule has 0 amide bonds. The highest BCUT2D eigenvalue weighted by atomic mass is 31.3. The third-order valence-electron chi connectivity index (χ3n) is 4.98. The second kappa shape index (κ2) is 11.3. The van der Waals surface area contributed by atoms with E-state index in [-0.39, 0.29) is 12.2 Å². The summed E-state index contributed by atoms with van der Waals surface area (Å²) in [5.41, 5.74) is -1.93. The Hall–Kier alpha value is -1.11. The zero-order valence-electron chi connectivity index (χ0n) is 18.1. The van der Waals surface area contributed by atoms with Crippen molar-refractivity contribution in [1.29, 1.82) is 0 Å². The number of hydrogen-bond acceptors (Lipinski definition) is 13. The molecule has 1 aromatic rings. The van der Waals surface area contributed by atoms with Gasteiger partial charge in [0.25, 0.3) is 5.56 Å². The lowest BCUT2D eigenvalue weighted by molar-refractivity contribution is -0.0230. The van der Waals surface area contributed by atoms with Crippen molar-refractivity contribution in [3.63, 3.8) is 0 Å². The summed E-state index contributed by atoms with van der Waals surface area (Å²) in [5.74, 6) is 0. The minimum absolute atomic E-state index is 0.0762. The van der Waals surface area contributed by atoms with E-state index in [4.69, 9.17) is 24.2 Å². The van der Waals surface area contributed by atoms with Crippen molar-refractivity contribution >= 4 is 23.5 Å². The molecule has 0 bridgehead atoms. The molecule has 19 nitrogen and oxygen atoms in total. The van der Waals surface area contributed by atoms with E-state index in [2.05, 4.69) is 18.1 Å². The van der Waals surface area contributed by atoms with Crippen LogP contribution in [0.15, 0.2) is 15.8 Å². The Balaban J connectivity index is 1.70. The summed E-state index contributed by atoms with van der Waals surface area (Å²) in [4.78, 5) is 64.3. The topological polar surface area (TPSA) is 277 Å². The number of aliphatic hydroxyl groups excluding tert-OH is 2.